The fourth-order valence-electron chi connectivity index (χ4n) is 2.93. The van der Waals surface area contributed by atoms with E-state index in [1.54, 1.807) is 26.4 Å². The Morgan fingerprint density at radius 2 is 1.69 bits per heavy atom. The summed E-state index contributed by atoms with van der Waals surface area (Å²) in [6, 6.07) is 12.0. The molecule has 6 nitrogen and oxygen atoms in total. The summed E-state index contributed by atoms with van der Waals surface area (Å²) in [5.41, 5.74) is 1.65. The van der Waals surface area contributed by atoms with Gasteiger partial charge in [-0.1, -0.05) is 13.8 Å². The average Bonchev–Trinajstić information content (AvgIpc) is 2.64. The van der Waals surface area contributed by atoms with E-state index in [1.807, 2.05) is 32.0 Å². The molecule has 1 amide bonds. The predicted octanol–water partition coefficient (Wildman–Crippen LogP) is 3.58. The van der Waals surface area contributed by atoms with Crippen molar-refractivity contribution < 1.29 is 19.4 Å². The molecule has 0 radical (unpaired) electrons. The lowest BCUT2D eigenvalue weighted by molar-refractivity contribution is -0.126. The number of carbonyl (C=O) groups excluding carboxylic acids is 1. The highest BCUT2D eigenvalue weighted by Gasteiger charge is 2.39. The van der Waals surface area contributed by atoms with Crippen LogP contribution in [0.4, 0.5) is 5.69 Å². The minimum atomic E-state index is -0.609. The maximum atomic E-state index is 12.8. The monoisotopic (exact) mass is 354 g/mol. The molecule has 0 bridgehead atoms. The van der Waals surface area contributed by atoms with Crippen molar-refractivity contribution in [3.05, 3.63) is 48.0 Å². The lowest BCUT2D eigenvalue weighted by Gasteiger charge is -2.34. The van der Waals surface area contributed by atoms with E-state index >= 15 is 0 Å². The second-order valence-corrected chi connectivity index (χ2v) is 6.81. The molecule has 1 aliphatic rings. The van der Waals surface area contributed by atoms with Crippen LogP contribution >= 0.6 is 0 Å². The number of hydrazone groups is 1. The number of nitrogens with zero attached hydrogens (tertiary/aromatic N) is 2. The Morgan fingerprint density at radius 3 is 2.31 bits per heavy atom. The summed E-state index contributed by atoms with van der Waals surface area (Å²) >= 11 is 0. The van der Waals surface area contributed by atoms with Gasteiger partial charge in [0.2, 0.25) is 0 Å². The van der Waals surface area contributed by atoms with Crippen molar-refractivity contribution in [2.24, 2.45) is 10.5 Å². The minimum absolute atomic E-state index is 0.0904. The van der Waals surface area contributed by atoms with Crippen molar-refractivity contribution in [3.63, 3.8) is 0 Å². The number of phenolic OH excluding ortho intramolecular Hbond substituents is 1. The molecule has 0 aliphatic carbocycles. The number of hydrogen-bond acceptors (Lipinski definition) is 5. The summed E-state index contributed by atoms with van der Waals surface area (Å²) in [4.78, 5) is 12.8. The van der Waals surface area contributed by atoms with Gasteiger partial charge >= 0.3 is 0 Å². The summed E-state index contributed by atoms with van der Waals surface area (Å²) in [6.07, 6.45) is 0.510. The zero-order valence-corrected chi connectivity index (χ0v) is 15.3. The van der Waals surface area contributed by atoms with Crippen LogP contribution < -0.4 is 14.5 Å². The van der Waals surface area contributed by atoms with Crippen LogP contribution in [0, 0.1) is 5.41 Å². The van der Waals surface area contributed by atoms with Gasteiger partial charge in [0, 0.05) is 12.0 Å². The third kappa shape index (κ3) is 3.22. The van der Waals surface area contributed by atoms with E-state index in [1.165, 1.54) is 17.1 Å². The maximum absolute atomic E-state index is 12.8. The van der Waals surface area contributed by atoms with Crippen LogP contribution in [0.5, 0.6) is 17.2 Å². The maximum Gasteiger partial charge on any atom is 0.253 e. The van der Waals surface area contributed by atoms with E-state index in [0.717, 1.165) is 11.3 Å². The number of phenols is 1. The summed E-state index contributed by atoms with van der Waals surface area (Å²) in [7, 11) is 3.17. The molecule has 0 atom stereocenters. The number of aromatic hydroxyl groups is 1. The molecule has 0 saturated carbocycles. The Hall–Kier alpha value is -3.02. The first kappa shape index (κ1) is 17.8. The van der Waals surface area contributed by atoms with Crippen molar-refractivity contribution >= 4 is 17.3 Å². The molecule has 2 aromatic rings. The molecule has 1 aliphatic heterocycles. The van der Waals surface area contributed by atoms with Crippen LogP contribution in [0.3, 0.4) is 0 Å². The lowest BCUT2D eigenvalue weighted by Crippen LogP contribution is -2.44. The van der Waals surface area contributed by atoms with Crippen molar-refractivity contribution in [1.82, 2.24) is 0 Å². The van der Waals surface area contributed by atoms with E-state index in [4.69, 9.17) is 9.47 Å². The number of carbonyl (C=O) groups is 1. The molecule has 1 N–H and O–H groups in total. The zero-order valence-electron chi connectivity index (χ0n) is 15.3. The van der Waals surface area contributed by atoms with E-state index in [0.29, 0.717) is 23.6 Å². The van der Waals surface area contributed by atoms with Gasteiger partial charge in [-0.2, -0.15) is 5.10 Å². The van der Waals surface area contributed by atoms with Gasteiger partial charge < -0.3 is 14.6 Å². The molecule has 0 aromatic heterocycles. The Morgan fingerprint density at radius 1 is 1.04 bits per heavy atom. The summed E-state index contributed by atoms with van der Waals surface area (Å²) in [5, 5.41) is 15.5. The van der Waals surface area contributed by atoms with E-state index in [-0.39, 0.29) is 11.7 Å². The molecule has 0 saturated heterocycles. The standard InChI is InChI=1S/C20H22N2O4/c1-20(2)12-16(13-5-10-17(25-3)18(11-13)26-4)21-22(19(20)24)14-6-8-15(23)9-7-14/h5-11,23H,12H2,1-4H3. The molecule has 26 heavy (non-hydrogen) atoms. The van der Waals surface area contributed by atoms with Gasteiger partial charge in [0.25, 0.3) is 5.91 Å². The van der Waals surface area contributed by atoms with Crippen molar-refractivity contribution in [3.8, 4) is 17.2 Å². The van der Waals surface area contributed by atoms with Gasteiger partial charge in [0.15, 0.2) is 11.5 Å². The number of amides is 1. The molecule has 1 heterocycles. The molecule has 136 valence electrons. The summed E-state index contributed by atoms with van der Waals surface area (Å²) in [6.45, 7) is 3.80. The van der Waals surface area contributed by atoms with Crippen LogP contribution in [-0.4, -0.2) is 30.9 Å². The molecule has 3 rings (SSSR count). The van der Waals surface area contributed by atoms with Gasteiger partial charge in [-0.05, 0) is 42.5 Å². The Labute approximate surface area is 152 Å². The van der Waals surface area contributed by atoms with E-state index in [2.05, 4.69) is 5.10 Å². The average molecular weight is 354 g/mol. The fourth-order valence-corrected chi connectivity index (χ4v) is 2.93. The third-order valence-electron chi connectivity index (χ3n) is 4.41. The first-order valence-corrected chi connectivity index (χ1v) is 8.29. The number of ether oxygens (including phenoxy) is 2. The van der Waals surface area contributed by atoms with Crippen LogP contribution in [0.15, 0.2) is 47.6 Å². The quantitative estimate of drug-likeness (QED) is 0.911. The predicted molar refractivity (Wildman–Crippen MR) is 100 cm³/mol. The van der Waals surface area contributed by atoms with Gasteiger partial charge in [-0.25, -0.2) is 5.01 Å². The number of benzene rings is 2. The first-order valence-electron chi connectivity index (χ1n) is 8.29. The molecular weight excluding hydrogens is 332 g/mol. The van der Waals surface area contributed by atoms with E-state index < -0.39 is 5.41 Å². The van der Waals surface area contributed by atoms with Crippen molar-refractivity contribution in [1.29, 1.82) is 0 Å². The van der Waals surface area contributed by atoms with E-state index in [9.17, 15) is 9.90 Å². The minimum Gasteiger partial charge on any atom is -0.508 e. The number of hydrogen-bond donors (Lipinski definition) is 1. The number of anilines is 1. The second-order valence-electron chi connectivity index (χ2n) is 6.81. The van der Waals surface area contributed by atoms with Gasteiger partial charge in [-0.3, -0.25) is 4.79 Å². The van der Waals surface area contributed by atoms with Gasteiger partial charge in [0.1, 0.15) is 5.75 Å². The molecular formula is C20H22N2O4. The summed E-state index contributed by atoms with van der Waals surface area (Å²) < 4.78 is 10.7. The molecule has 0 fully saturated rings. The summed E-state index contributed by atoms with van der Waals surface area (Å²) in [5.74, 6) is 1.30. The van der Waals surface area contributed by atoms with Crippen LogP contribution in [0.1, 0.15) is 25.8 Å². The zero-order chi connectivity index (χ0) is 18.9. The van der Waals surface area contributed by atoms with Crippen molar-refractivity contribution in [2.75, 3.05) is 19.2 Å². The lowest BCUT2D eigenvalue weighted by atomic mass is 9.82. The Bertz CT molecular complexity index is 857. The highest BCUT2D eigenvalue weighted by Crippen LogP contribution is 2.36. The molecule has 0 spiro atoms. The fraction of sp³-hybridized carbons (Fsp3) is 0.300. The second kappa shape index (κ2) is 6.71. The van der Waals surface area contributed by atoms with Gasteiger partial charge in [0.05, 0.1) is 31.0 Å². The number of methoxy groups -OCH3 is 2. The highest BCUT2D eigenvalue weighted by molar-refractivity contribution is 6.11. The van der Waals surface area contributed by atoms with Crippen LogP contribution in [0.25, 0.3) is 0 Å². The normalized spacial score (nSPS) is 16.2. The topological polar surface area (TPSA) is 71.4 Å². The Kier molecular flexibility index (Phi) is 4.59. The smallest absolute Gasteiger partial charge is 0.253 e. The first-order chi connectivity index (χ1) is 12.4. The molecule has 0 unspecified atom stereocenters. The number of rotatable bonds is 4. The Balaban J connectivity index is 2.07. The SMILES string of the molecule is COc1ccc(C2=NN(c3ccc(O)cc3)C(=O)C(C)(C)C2)cc1OC. The van der Waals surface area contributed by atoms with Gasteiger partial charge in [-0.15, -0.1) is 0 Å². The van der Waals surface area contributed by atoms with Crippen LogP contribution in [-0.2, 0) is 4.79 Å². The van der Waals surface area contributed by atoms with Crippen molar-refractivity contribution in [2.45, 2.75) is 20.3 Å². The van der Waals surface area contributed by atoms with Crippen LogP contribution in [0.2, 0.25) is 0 Å². The third-order valence-corrected chi connectivity index (χ3v) is 4.41. The highest BCUT2D eigenvalue weighted by atomic mass is 16.5. The largest absolute Gasteiger partial charge is 0.508 e. The molecule has 6 heteroatoms. The molecule has 2 aromatic carbocycles.